The maximum Gasteiger partial charge on any atom is 0.397 e. The third kappa shape index (κ3) is 5.08. The van der Waals surface area contributed by atoms with Crippen LogP contribution in [0.2, 0.25) is 9.36 Å². The quantitative estimate of drug-likeness (QED) is 0.722. The van der Waals surface area contributed by atoms with E-state index in [9.17, 15) is 26.7 Å². The van der Waals surface area contributed by atoms with Crippen molar-refractivity contribution in [2.45, 2.75) is 22.3 Å². The van der Waals surface area contributed by atoms with Gasteiger partial charge in [-0.15, -0.1) is 11.3 Å². The molecule has 0 amide bonds. The van der Waals surface area contributed by atoms with Gasteiger partial charge in [-0.1, -0.05) is 35.3 Å². The predicted molar refractivity (Wildman–Crippen MR) is 90.8 cm³/mol. The van der Waals surface area contributed by atoms with E-state index in [4.69, 9.17) is 23.2 Å². The van der Waals surface area contributed by atoms with Crippen LogP contribution in [-0.4, -0.2) is 32.3 Å². The van der Waals surface area contributed by atoms with Crippen molar-refractivity contribution < 1.29 is 26.7 Å². The van der Waals surface area contributed by atoms with Gasteiger partial charge in [0.2, 0.25) is 10.0 Å². The molecule has 0 bridgehead atoms. The van der Waals surface area contributed by atoms with Gasteiger partial charge in [0.05, 0.1) is 22.9 Å². The number of hydrogen-bond acceptors (Lipinski definition) is 4. The molecule has 138 valence electrons. The summed E-state index contributed by atoms with van der Waals surface area (Å²) in [4.78, 5) is 0. The minimum atomic E-state index is -4.79. The van der Waals surface area contributed by atoms with E-state index in [1.54, 1.807) is 0 Å². The zero-order valence-electron chi connectivity index (χ0n) is 12.3. The van der Waals surface area contributed by atoms with Crippen LogP contribution < -0.4 is 4.72 Å². The summed E-state index contributed by atoms with van der Waals surface area (Å²) in [6.45, 7) is -1.05. The van der Waals surface area contributed by atoms with Gasteiger partial charge in [-0.3, -0.25) is 0 Å². The molecule has 4 nitrogen and oxygen atoms in total. The second-order valence-corrected chi connectivity index (χ2v) is 9.13. The Morgan fingerprint density at radius 3 is 2.16 bits per heavy atom. The van der Waals surface area contributed by atoms with Crippen molar-refractivity contribution in [3.8, 4) is 0 Å². The van der Waals surface area contributed by atoms with Crippen molar-refractivity contribution in [1.29, 1.82) is 0 Å². The van der Waals surface area contributed by atoms with E-state index in [1.807, 2.05) is 4.72 Å². The van der Waals surface area contributed by atoms with Crippen molar-refractivity contribution >= 4 is 44.6 Å². The van der Waals surface area contributed by atoms with Crippen molar-refractivity contribution in [3.05, 3.63) is 51.3 Å². The Balaban J connectivity index is 2.38. The molecule has 1 aromatic carbocycles. The molecule has 0 saturated carbocycles. The third-order valence-corrected chi connectivity index (χ3v) is 6.77. The molecule has 2 atom stereocenters. The topological polar surface area (TPSA) is 66.4 Å². The lowest BCUT2D eigenvalue weighted by Crippen LogP contribution is -2.46. The summed E-state index contributed by atoms with van der Waals surface area (Å²) >= 11 is 12.0. The van der Waals surface area contributed by atoms with E-state index in [0.717, 1.165) is 12.1 Å². The van der Waals surface area contributed by atoms with Gasteiger partial charge >= 0.3 is 6.18 Å². The number of sulfonamides is 1. The lowest BCUT2D eigenvalue weighted by Gasteiger charge is -2.28. The summed E-state index contributed by atoms with van der Waals surface area (Å²) in [6, 6.07) is 5.48. The molecule has 0 aliphatic rings. The molecule has 0 radical (unpaired) electrons. The first-order valence-corrected chi connectivity index (χ1v) is 9.81. The molecule has 25 heavy (non-hydrogen) atoms. The maximum atomic E-state index is 13.5. The van der Waals surface area contributed by atoms with E-state index in [1.165, 1.54) is 24.3 Å². The number of thiophene rings is 1. The van der Waals surface area contributed by atoms with Gasteiger partial charge in [0.25, 0.3) is 0 Å². The van der Waals surface area contributed by atoms with Gasteiger partial charge in [0.15, 0.2) is 0 Å². The molecule has 1 heterocycles. The Morgan fingerprint density at radius 2 is 1.72 bits per heavy atom. The Labute approximate surface area is 156 Å². The molecule has 1 aromatic heterocycles. The molecular formula is C14H12Cl2F3NO3S2. The molecular weight excluding hydrogens is 422 g/mol. The zero-order chi connectivity index (χ0) is 18.8. The molecule has 0 fully saturated rings. The zero-order valence-corrected chi connectivity index (χ0v) is 15.4. The number of rotatable bonds is 6. The number of aliphatic hydroxyl groups excluding tert-OH is 1. The number of alkyl halides is 3. The van der Waals surface area contributed by atoms with Gasteiger partial charge in [0, 0.05) is 5.02 Å². The molecule has 11 heteroatoms. The number of nitrogens with one attached hydrogen (secondary N) is 1. The fraction of sp³-hybridized carbons (Fsp3) is 0.286. The highest BCUT2D eigenvalue weighted by Crippen LogP contribution is 2.38. The van der Waals surface area contributed by atoms with E-state index in [2.05, 4.69) is 0 Å². The summed E-state index contributed by atoms with van der Waals surface area (Å²) in [5, 5.41) is 9.65. The van der Waals surface area contributed by atoms with Crippen LogP contribution in [0.5, 0.6) is 0 Å². The van der Waals surface area contributed by atoms with Crippen LogP contribution in [0.25, 0.3) is 0 Å². The SMILES string of the molecule is O=S(=O)(NC(CO)C(c1ccc(Cl)cc1)C(F)(F)F)c1ccc(Cl)s1. The average molecular weight is 434 g/mol. The summed E-state index contributed by atoms with van der Waals surface area (Å²) in [5.41, 5.74) is -0.220. The fourth-order valence-electron chi connectivity index (χ4n) is 2.23. The molecule has 2 N–H and O–H groups in total. The monoisotopic (exact) mass is 433 g/mol. The molecule has 2 rings (SSSR count). The highest BCUT2D eigenvalue weighted by molar-refractivity contribution is 7.91. The van der Waals surface area contributed by atoms with Gasteiger partial charge in [-0.25, -0.2) is 13.1 Å². The highest BCUT2D eigenvalue weighted by atomic mass is 35.5. The molecule has 0 aliphatic heterocycles. The fourth-order valence-corrected chi connectivity index (χ4v) is 5.09. The number of aliphatic hydroxyl groups is 1. The van der Waals surface area contributed by atoms with E-state index >= 15 is 0 Å². The molecule has 0 spiro atoms. The van der Waals surface area contributed by atoms with Crippen molar-refractivity contribution in [2.75, 3.05) is 6.61 Å². The first-order valence-electron chi connectivity index (χ1n) is 6.75. The second kappa shape index (κ2) is 7.81. The van der Waals surface area contributed by atoms with Crippen LogP contribution in [-0.2, 0) is 10.0 Å². The average Bonchev–Trinajstić information content (AvgIpc) is 2.94. The Kier molecular flexibility index (Phi) is 6.40. The minimum Gasteiger partial charge on any atom is -0.395 e. The van der Waals surface area contributed by atoms with E-state index in [-0.39, 0.29) is 19.1 Å². The van der Waals surface area contributed by atoms with Gasteiger partial charge < -0.3 is 5.11 Å². The van der Waals surface area contributed by atoms with Crippen LogP contribution in [0.4, 0.5) is 13.2 Å². The van der Waals surface area contributed by atoms with Crippen molar-refractivity contribution in [2.24, 2.45) is 0 Å². The second-order valence-electron chi connectivity index (χ2n) is 5.04. The number of hydrogen-bond donors (Lipinski definition) is 2. The number of benzene rings is 1. The van der Waals surface area contributed by atoms with Gasteiger partial charge in [0.1, 0.15) is 4.21 Å². The van der Waals surface area contributed by atoms with Crippen molar-refractivity contribution in [3.63, 3.8) is 0 Å². The summed E-state index contributed by atoms with van der Waals surface area (Å²) < 4.78 is 67.0. The largest absolute Gasteiger partial charge is 0.397 e. The van der Waals surface area contributed by atoms with Crippen LogP contribution >= 0.6 is 34.5 Å². The Bertz CT molecular complexity index is 823. The maximum absolute atomic E-state index is 13.5. The summed E-state index contributed by atoms with van der Waals surface area (Å²) in [5.74, 6) is -2.25. The van der Waals surface area contributed by atoms with Gasteiger partial charge in [-0.05, 0) is 29.8 Å². The van der Waals surface area contributed by atoms with Crippen LogP contribution in [0.15, 0.2) is 40.6 Å². The predicted octanol–water partition coefficient (Wildman–Crippen LogP) is 4.04. The Hall–Kier alpha value is -0.840. The van der Waals surface area contributed by atoms with E-state index < -0.39 is 34.8 Å². The molecule has 0 aliphatic carbocycles. The molecule has 2 unspecified atom stereocenters. The van der Waals surface area contributed by atoms with Gasteiger partial charge in [-0.2, -0.15) is 13.2 Å². The lowest BCUT2D eigenvalue weighted by molar-refractivity contribution is -0.158. The Morgan fingerprint density at radius 1 is 1.12 bits per heavy atom. The van der Waals surface area contributed by atoms with Crippen LogP contribution in [0.3, 0.4) is 0 Å². The van der Waals surface area contributed by atoms with Crippen LogP contribution in [0.1, 0.15) is 11.5 Å². The highest BCUT2D eigenvalue weighted by Gasteiger charge is 2.47. The minimum absolute atomic E-state index is 0.172. The van der Waals surface area contributed by atoms with E-state index in [0.29, 0.717) is 11.3 Å². The molecule has 0 saturated heterocycles. The third-order valence-electron chi connectivity index (χ3n) is 3.30. The summed E-state index contributed by atoms with van der Waals surface area (Å²) in [7, 11) is -4.27. The lowest BCUT2D eigenvalue weighted by atomic mass is 9.92. The first-order chi connectivity index (χ1) is 11.5. The first kappa shape index (κ1) is 20.5. The number of halogens is 5. The normalized spacial score (nSPS) is 15.1. The summed E-state index contributed by atoms with van der Waals surface area (Å²) in [6.07, 6.45) is -4.79. The smallest absolute Gasteiger partial charge is 0.395 e. The molecule has 2 aromatic rings. The van der Waals surface area contributed by atoms with Crippen molar-refractivity contribution in [1.82, 2.24) is 4.72 Å². The van der Waals surface area contributed by atoms with Crippen LogP contribution in [0, 0.1) is 0 Å². The standard InChI is InChI=1S/C14H12Cl2F3NO3S2/c15-9-3-1-8(2-4-9)13(14(17,18)19)10(7-21)20-25(22,23)12-6-5-11(16)24-12/h1-6,10,13,20-21H,7H2.